The van der Waals surface area contributed by atoms with Crippen LogP contribution in [-0.2, 0) is 14.4 Å². The van der Waals surface area contributed by atoms with E-state index < -0.39 is 0 Å². The lowest BCUT2D eigenvalue weighted by Crippen LogP contribution is -2.37. The van der Waals surface area contributed by atoms with Crippen LogP contribution in [0.25, 0.3) is 0 Å². The van der Waals surface area contributed by atoms with Crippen molar-refractivity contribution in [3.63, 3.8) is 0 Å². The Hall–Kier alpha value is -2.37. The third-order valence-electron chi connectivity index (χ3n) is 3.22. The third kappa shape index (κ3) is 7.44. The van der Waals surface area contributed by atoms with Gasteiger partial charge in [-0.15, -0.1) is 0 Å². The van der Waals surface area contributed by atoms with Gasteiger partial charge in [0, 0.05) is 31.8 Å². The number of hydrogen-bond donors (Lipinski definition) is 2. The number of benzene rings is 1. The second-order valence-corrected chi connectivity index (χ2v) is 5.93. The van der Waals surface area contributed by atoms with Crippen molar-refractivity contribution in [1.29, 1.82) is 0 Å². The van der Waals surface area contributed by atoms with Crippen molar-refractivity contribution in [3.05, 3.63) is 24.3 Å². The number of hydrogen-bond acceptors (Lipinski definition) is 3. The molecule has 2 N–H and O–H groups in total. The highest BCUT2D eigenvalue weighted by Crippen LogP contribution is 2.15. The van der Waals surface area contributed by atoms with Gasteiger partial charge in [-0.2, -0.15) is 0 Å². The summed E-state index contributed by atoms with van der Waals surface area (Å²) in [7, 11) is 0. The van der Waals surface area contributed by atoms with Gasteiger partial charge in [-0.05, 0) is 30.5 Å². The van der Waals surface area contributed by atoms with Crippen molar-refractivity contribution < 1.29 is 14.4 Å². The van der Waals surface area contributed by atoms with Crippen LogP contribution < -0.4 is 10.6 Å². The number of carbonyl (C=O) groups excluding carboxylic acids is 3. The van der Waals surface area contributed by atoms with E-state index in [2.05, 4.69) is 24.5 Å². The van der Waals surface area contributed by atoms with Crippen molar-refractivity contribution in [1.82, 2.24) is 4.90 Å². The first-order valence-electron chi connectivity index (χ1n) is 7.71. The second-order valence-electron chi connectivity index (χ2n) is 5.93. The molecule has 0 aliphatic carbocycles. The SMILES string of the molecule is CC(=O)Nc1cccc(NC(=O)CN(CCC(C)C)C(C)=O)c1. The average Bonchev–Trinajstić information content (AvgIpc) is 2.42. The molecule has 0 radical (unpaired) electrons. The zero-order valence-electron chi connectivity index (χ0n) is 14.2. The Labute approximate surface area is 137 Å². The first-order chi connectivity index (χ1) is 10.8. The van der Waals surface area contributed by atoms with Crippen molar-refractivity contribution in [2.75, 3.05) is 23.7 Å². The van der Waals surface area contributed by atoms with Crippen molar-refractivity contribution in [3.8, 4) is 0 Å². The smallest absolute Gasteiger partial charge is 0.243 e. The predicted octanol–water partition coefficient (Wildman–Crippen LogP) is 2.48. The Balaban J connectivity index is 2.63. The van der Waals surface area contributed by atoms with Crippen LogP contribution in [0.1, 0.15) is 34.1 Å². The molecule has 0 spiro atoms. The molecule has 6 heteroatoms. The quantitative estimate of drug-likeness (QED) is 0.810. The maximum atomic E-state index is 12.1. The summed E-state index contributed by atoms with van der Waals surface area (Å²) in [5, 5.41) is 5.40. The average molecular weight is 319 g/mol. The fourth-order valence-corrected chi connectivity index (χ4v) is 2.01. The molecule has 23 heavy (non-hydrogen) atoms. The monoisotopic (exact) mass is 319 g/mol. The number of anilines is 2. The first kappa shape index (κ1) is 18.7. The summed E-state index contributed by atoms with van der Waals surface area (Å²) in [6.45, 7) is 7.62. The molecule has 3 amide bonds. The second kappa shape index (κ2) is 8.92. The van der Waals surface area contributed by atoms with E-state index in [1.165, 1.54) is 18.7 Å². The zero-order chi connectivity index (χ0) is 17.4. The summed E-state index contributed by atoms with van der Waals surface area (Å²) >= 11 is 0. The molecule has 1 aromatic rings. The molecule has 0 aliphatic rings. The highest BCUT2D eigenvalue weighted by molar-refractivity contribution is 5.95. The molecular formula is C17H25N3O3. The number of amides is 3. The van der Waals surface area contributed by atoms with Crippen molar-refractivity contribution in [2.24, 2.45) is 5.92 Å². The molecule has 126 valence electrons. The molecule has 1 rings (SSSR count). The van der Waals surface area contributed by atoms with Crippen LogP contribution >= 0.6 is 0 Å². The largest absolute Gasteiger partial charge is 0.334 e. The molecule has 0 heterocycles. The molecular weight excluding hydrogens is 294 g/mol. The molecule has 6 nitrogen and oxygen atoms in total. The fraction of sp³-hybridized carbons (Fsp3) is 0.471. The molecule has 0 fully saturated rings. The Morgan fingerprint density at radius 3 is 2.22 bits per heavy atom. The summed E-state index contributed by atoms with van der Waals surface area (Å²) < 4.78 is 0. The zero-order valence-corrected chi connectivity index (χ0v) is 14.2. The molecule has 1 aromatic carbocycles. The first-order valence-corrected chi connectivity index (χ1v) is 7.71. The maximum Gasteiger partial charge on any atom is 0.243 e. The van der Waals surface area contributed by atoms with E-state index in [0.29, 0.717) is 23.8 Å². The van der Waals surface area contributed by atoms with Gasteiger partial charge in [0.1, 0.15) is 0 Å². The van der Waals surface area contributed by atoms with Crippen LogP contribution in [0.2, 0.25) is 0 Å². The summed E-state index contributed by atoms with van der Waals surface area (Å²) in [4.78, 5) is 36.3. The van der Waals surface area contributed by atoms with Gasteiger partial charge in [-0.3, -0.25) is 14.4 Å². The van der Waals surface area contributed by atoms with Gasteiger partial charge in [0.15, 0.2) is 0 Å². The topological polar surface area (TPSA) is 78.5 Å². The minimum absolute atomic E-state index is 0.0203. The number of carbonyl (C=O) groups is 3. The van der Waals surface area contributed by atoms with Gasteiger partial charge in [0.2, 0.25) is 17.7 Å². The van der Waals surface area contributed by atoms with Crippen LogP contribution in [0.5, 0.6) is 0 Å². The van der Waals surface area contributed by atoms with E-state index in [9.17, 15) is 14.4 Å². The number of nitrogens with zero attached hydrogens (tertiary/aromatic N) is 1. The normalized spacial score (nSPS) is 10.3. The van der Waals surface area contributed by atoms with Crippen LogP contribution in [0.4, 0.5) is 11.4 Å². The van der Waals surface area contributed by atoms with Crippen LogP contribution in [0, 0.1) is 5.92 Å². The summed E-state index contributed by atoms with van der Waals surface area (Å²) in [6, 6.07) is 6.88. The summed E-state index contributed by atoms with van der Waals surface area (Å²) in [6.07, 6.45) is 0.852. The molecule has 0 atom stereocenters. The minimum Gasteiger partial charge on any atom is -0.334 e. The molecule has 0 saturated heterocycles. The van der Waals surface area contributed by atoms with Gasteiger partial charge in [-0.25, -0.2) is 0 Å². The lowest BCUT2D eigenvalue weighted by atomic mass is 10.1. The Bertz CT molecular complexity index is 570. The van der Waals surface area contributed by atoms with Gasteiger partial charge in [0.25, 0.3) is 0 Å². The molecule has 0 unspecified atom stereocenters. The van der Waals surface area contributed by atoms with E-state index in [1.54, 1.807) is 24.3 Å². The molecule has 0 bridgehead atoms. The standard InChI is InChI=1S/C17H25N3O3/c1-12(2)8-9-20(14(4)22)11-17(23)19-16-7-5-6-15(10-16)18-13(3)21/h5-7,10,12H,8-9,11H2,1-4H3,(H,18,21)(H,19,23). The van der Waals surface area contributed by atoms with Gasteiger partial charge in [-0.1, -0.05) is 19.9 Å². The van der Waals surface area contributed by atoms with E-state index >= 15 is 0 Å². The highest BCUT2D eigenvalue weighted by atomic mass is 16.2. The van der Waals surface area contributed by atoms with Crippen molar-refractivity contribution >= 4 is 29.1 Å². The molecule has 0 aromatic heterocycles. The summed E-state index contributed by atoms with van der Waals surface area (Å²) in [5.41, 5.74) is 1.19. The lowest BCUT2D eigenvalue weighted by molar-refractivity contribution is -0.132. The lowest BCUT2D eigenvalue weighted by Gasteiger charge is -2.21. The van der Waals surface area contributed by atoms with Gasteiger partial charge in [0.05, 0.1) is 6.54 Å². The Morgan fingerprint density at radius 1 is 1.09 bits per heavy atom. The molecule has 0 aliphatic heterocycles. The third-order valence-corrected chi connectivity index (χ3v) is 3.22. The Morgan fingerprint density at radius 2 is 1.70 bits per heavy atom. The number of rotatable bonds is 7. The highest BCUT2D eigenvalue weighted by Gasteiger charge is 2.14. The fourth-order valence-electron chi connectivity index (χ4n) is 2.01. The minimum atomic E-state index is -0.260. The number of nitrogens with one attached hydrogen (secondary N) is 2. The van der Waals surface area contributed by atoms with Crippen LogP contribution in [-0.4, -0.2) is 35.7 Å². The van der Waals surface area contributed by atoms with E-state index in [-0.39, 0.29) is 24.3 Å². The van der Waals surface area contributed by atoms with E-state index in [4.69, 9.17) is 0 Å². The van der Waals surface area contributed by atoms with Gasteiger partial charge < -0.3 is 15.5 Å². The maximum absolute atomic E-state index is 12.1. The van der Waals surface area contributed by atoms with Crippen LogP contribution in [0.3, 0.4) is 0 Å². The predicted molar refractivity (Wildman–Crippen MR) is 91.1 cm³/mol. The van der Waals surface area contributed by atoms with Gasteiger partial charge >= 0.3 is 0 Å². The molecule has 0 saturated carbocycles. The van der Waals surface area contributed by atoms with E-state index in [1.807, 2.05) is 0 Å². The van der Waals surface area contributed by atoms with Crippen LogP contribution in [0.15, 0.2) is 24.3 Å². The van der Waals surface area contributed by atoms with Crippen molar-refractivity contribution in [2.45, 2.75) is 34.1 Å². The summed E-state index contributed by atoms with van der Waals surface area (Å²) in [5.74, 6) is -0.0871. The van der Waals surface area contributed by atoms with E-state index in [0.717, 1.165) is 6.42 Å². The Kier molecular flexibility index (Phi) is 7.25.